The molecule has 28 heavy (non-hydrogen) atoms. The molecule has 0 spiro atoms. The molecular formula is C20H17ClMnN3O3. The van der Waals surface area contributed by atoms with Gasteiger partial charge in [0.15, 0.2) is 0 Å². The Morgan fingerprint density at radius 2 is 1.57 bits per heavy atom. The molecule has 1 aliphatic carbocycles. The number of fused-ring (bicyclic) bond motifs is 1. The molecule has 0 aliphatic heterocycles. The summed E-state index contributed by atoms with van der Waals surface area (Å²) in [6.07, 6.45) is 10.2. The van der Waals surface area contributed by atoms with E-state index in [-0.39, 0.29) is 17.1 Å². The molecule has 6 radical (unpaired) electrons. The van der Waals surface area contributed by atoms with Crippen LogP contribution in [0.4, 0.5) is 5.69 Å². The van der Waals surface area contributed by atoms with Gasteiger partial charge in [0.1, 0.15) is 0 Å². The van der Waals surface area contributed by atoms with Crippen LogP contribution in [-0.2, 0) is 31.0 Å². The fourth-order valence-corrected chi connectivity index (χ4v) is 2.49. The molecule has 1 fully saturated rings. The van der Waals surface area contributed by atoms with E-state index in [0.717, 1.165) is 36.2 Å². The van der Waals surface area contributed by atoms with E-state index in [1.807, 2.05) is 24.3 Å². The SMILES string of the molecule is Clc1ccc2c(NCCNC[C]3[CH][CH][CH][CH]3)ccnc2c1.[C-]#[O+].[C-]#[O+].[C-]#[O+].[Mn]. The summed E-state index contributed by atoms with van der Waals surface area (Å²) in [6, 6.07) is 7.78. The van der Waals surface area contributed by atoms with Crippen LogP contribution < -0.4 is 10.6 Å². The van der Waals surface area contributed by atoms with Crippen molar-refractivity contribution in [3.05, 3.63) is 87.0 Å². The average molecular weight is 438 g/mol. The minimum absolute atomic E-state index is 0. The summed E-state index contributed by atoms with van der Waals surface area (Å²) in [4.78, 5) is 4.34. The molecule has 6 nitrogen and oxygen atoms in total. The van der Waals surface area contributed by atoms with Gasteiger partial charge in [-0.25, -0.2) is 0 Å². The van der Waals surface area contributed by atoms with Crippen molar-refractivity contribution in [2.75, 3.05) is 25.0 Å². The molecule has 3 rings (SSSR count). The van der Waals surface area contributed by atoms with E-state index in [1.54, 1.807) is 6.20 Å². The molecule has 2 N–H and O–H groups in total. The summed E-state index contributed by atoms with van der Waals surface area (Å²) in [7, 11) is 0. The Morgan fingerprint density at radius 3 is 2.21 bits per heavy atom. The largest absolute Gasteiger partial charge is 0 e. The number of halogens is 1. The van der Waals surface area contributed by atoms with Crippen molar-refractivity contribution in [3.8, 4) is 0 Å². The Hall–Kier alpha value is -1.58. The van der Waals surface area contributed by atoms with Crippen molar-refractivity contribution in [2.24, 2.45) is 0 Å². The zero-order valence-corrected chi connectivity index (χ0v) is 16.7. The van der Waals surface area contributed by atoms with E-state index in [4.69, 9.17) is 25.6 Å². The molecule has 2 aromatic rings. The number of anilines is 1. The topological polar surface area (TPSA) is 96.7 Å². The summed E-state index contributed by atoms with van der Waals surface area (Å²) in [5.41, 5.74) is 2.00. The zero-order chi connectivity index (χ0) is 20.5. The summed E-state index contributed by atoms with van der Waals surface area (Å²) in [5.74, 6) is 1.32. The first-order valence-electron chi connectivity index (χ1n) is 7.63. The first kappa shape index (κ1) is 28.6. The molecule has 1 saturated carbocycles. The summed E-state index contributed by atoms with van der Waals surface area (Å²) < 4.78 is 22.5. The van der Waals surface area contributed by atoms with Gasteiger partial charge in [0.25, 0.3) is 0 Å². The second-order valence-corrected chi connectivity index (χ2v) is 5.35. The van der Waals surface area contributed by atoms with Gasteiger partial charge in [0, 0.05) is 59.0 Å². The number of benzene rings is 1. The first-order chi connectivity index (χ1) is 13.3. The van der Waals surface area contributed by atoms with Crippen LogP contribution in [0, 0.1) is 51.6 Å². The second-order valence-electron chi connectivity index (χ2n) is 4.92. The van der Waals surface area contributed by atoms with Crippen LogP contribution in [0.3, 0.4) is 0 Å². The summed E-state index contributed by atoms with van der Waals surface area (Å²) in [5, 5.41) is 8.66. The smallest absolute Gasteiger partial charge is 0 e. The van der Waals surface area contributed by atoms with Crippen molar-refractivity contribution >= 4 is 28.2 Å². The van der Waals surface area contributed by atoms with E-state index in [0.29, 0.717) is 5.02 Å². The Balaban J connectivity index is 0. The van der Waals surface area contributed by atoms with Gasteiger partial charge in [-0.1, -0.05) is 11.6 Å². The van der Waals surface area contributed by atoms with Crippen molar-refractivity contribution in [1.82, 2.24) is 10.3 Å². The van der Waals surface area contributed by atoms with Gasteiger partial charge in [-0.15, -0.1) is 0 Å². The van der Waals surface area contributed by atoms with Gasteiger partial charge in [-0.05, 0) is 55.9 Å². The minimum atomic E-state index is 0. The molecule has 1 aliphatic rings. The van der Waals surface area contributed by atoms with Crippen molar-refractivity contribution < 1.29 is 31.0 Å². The maximum Gasteiger partial charge on any atom is 0 e. The Labute approximate surface area is 181 Å². The normalized spacial score (nSPS) is 12.0. The third-order valence-electron chi connectivity index (χ3n) is 3.38. The van der Waals surface area contributed by atoms with Gasteiger partial charge in [-0.2, -0.15) is 0 Å². The van der Waals surface area contributed by atoms with Crippen LogP contribution in [0.1, 0.15) is 0 Å². The molecule has 0 saturated heterocycles. The van der Waals surface area contributed by atoms with E-state index in [2.05, 4.69) is 61.3 Å². The molecule has 1 aromatic carbocycles. The summed E-state index contributed by atoms with van der Waals surface area (Å²) >= 11 is 6.00. The van der Waals surface area contributed by atoms with Crippen LogP contribution in [0.2, 0.25) is 5.02 Å². The third kappa shape index (κ3) is 10.1. The maximum absolute atomic E-state index is 7.50. The number of rotatable bonds is 6. The number of nitrogens with zero attached hydrogens (tertiary/aromatic N) is 1. The van der Waals surface area contributed by atoms with Crippen LogP contribution in [0.5, 0.6) is 0 Å². The van der Waals surface area contributed by atoms with Crippen LogP contribution >= 0.6 is 11.6 Å². The van der Waals surface area contributed by atoms with E-state index < -0.39 is 0 Å². The van der Waals surface area contributed by atoms with E-state index in [9.17, 15) is 0 Å². The van der Waals surface area contributed by atoms with Gasteiger partial charge >= 0.3 is 33.9 Å². The molecule has 1 heterocycles. The Kier molecular flexibility index (Phi) is 19.2. The maximum atomic E-state index is 7.50. The summed E-state index contributed by atoms with van der Waals surface area (Å²) in [6.45, 7) is 16.2. The fraction of sp³-hybridized carbons (Fsp3) is 0.150. The standard InChI is InChI=1S/C17H17ClN3.3CO.Mn/c18-14-5-6-15-16(7-8-20-17(15)11-14)21-10-9-19-12-13-3-1-2-4-13;3*1-2;/h1-8,11,19H,9-10,12H2,(H,20,21);;;;. The molecule has 0 bridgehead atoms. The zero-order valence-electron chi connectivity index (χ0n) is 14.7. The molecular weight excluding hydrogens is 421 g/mol. The fourth-order valence-electron chi connectivity index (χ4n) is 2.33. The first-order valence-corrected chi connectivity index (χ1v) is 8.01. The monoisotopic (exact) mass is 437 g/mol. The predicted octanol–water partition coefficient (Wildman–Crippen LogP) is 3.18. The average Bonchev–Trinajstić information content (AvgIpc) is 3.25. The van der Waals surface area contributed by atoms with Gasteiger partial charge in [0.05, 0.1) is 5.52 Å². The van der Waals surface area contributed by atoms with E-state index >= 15 is 0 Å². The molecule has 0 atom stereocenters. The number of aromatic nitrogens is 1. The Bertz CT molecular complexity index is 717. The van der Waals surface area contributed by atoms with Crippen molar-refractivity contribution in [2.45, 2.75) is 0 Å². The molecule has 1 aromatic heterocycles. The van der Waals surface area contributed by atoms with E-state index in [1.165, 1.54) is 5.92 Å². The number of hydrogen-bond acceptors (Lipinski definition) is 3. The molecule has 144 valence electrons. The van der Waals surface area contributed by atoms with Crippen LogP contribution in [0.25, 0.3) is 10.9 Å². The number of hydrogen-bond donors (Lipinski definition) is 2. The number of nitrogens with one attached hydrogen (secondary N) is 2. The van der Waals surface area contributed by atoms with Crippen LogP contribution in [0.15, 0.2) is 30.5 Å². The molecule has 0 unspecified atom stereocenters. The van der Waals surface area contributed by atoms with Crippen LogP contribution in [-0.4, -0.2) is 24.6 Å². The Morgan fingerprint density at radius 1 is 0.929 bits per heavy atom. The molecule has 8 heteroatoms. The van der Waals surface area contributed by atoms with Crippen molar-refractivity contribution in [1.29, 1.82) is 0 Å². The predicted molar refractivity (Wildman–Crippen MR) is 100 cm³/mol. The van der Waals surface area contributed by atoms with Gasteiger partial charge in [0.2, 0.25) is 0 Å². The molecule has 0 amide bonds. The third-order valence-corrected chi connectivity index (χ3v) is 3.62. The second kappa shape index (κ2) is 18.8. The number of pyridine rings is 1. The van der Waals surface area contributed by atoms with Gasteiger partial charge in [-0.3, -0.25) is 4.98 Å². The minimum Gasteiger partial charge on any atom is 0 e. The quantitative estimate of drug-likeness (QED) is 0.314. The van der Waals surface area contributed by atoms with Crippen molar-refractivity contribution in [3.63, 3.8) is 0 Å². The van der Waals surface area contributed by atoms with Gasteiger partial charge < -0.3 is 10.6 Å².